The number of ether oxygens (including phenoxy) is 2. The lowest BCUT2D eigenvalue weighted by molar-refractivity contribution is -0.121. The first-order chi connectivity index (χ1) is 16.4. The number of amides is 1. The Hall–Kier alpha value is -4.16. The van der Waals surface area contributed by atoms with E-state index in [-0.39, 0.29) is 29.3 Å². The number of nitriles is 1. The van der Waals surface area contributed by atoms with E-state index in [0.29, 0.717) is 26.6 Å². The van der Waals surface area contributed by atoms with Crippen LogP contribution in [-0.4, -0.2) is 19.0 Å². The average Bonchev–Trinajstić information content (AvgIpc) is 3.28. The summed E-state index contributed by atoms with van der Waals surface area (Å²) in [5.74, 6) is -1.73. The quantitative estimate of drug-likeness (QED) is 0.576. The van der Waals surface area contributed by atoms with Crippen LogP contribution in [0.2, 0.25) is 0 Å². The van der Waals surface area contributed by atoms with E-state index in [1.54, 1.807) is 49.4 Å². The number of nitrogens with zero attached hydrogens (tertiary/aromatic N) is 2. The van der Waals surface area contributed by atoms with Gasteiger partial charge in [0.2, 0.25) is 11.8 Å². The molecule has 0 aliphatic carbocycles. The molecule has 7 nitrogen and oxygen atoms in total. The van der Waals surface area contributed by atoms with Gasteiger partial charge in [0.05, 0.1) is 18.5 Å². The van der Waals surface area contributed by atoms with Gasteiger partial charge in [0.25, 0.3) is 0 Å². The van der Waals surface area contributed by atoms with Crippen LogP contribution in [0, 0.1) is 24.1 Å². The highest BCUT2D eigenvalue weighted by atomic mass is 32.1. The van der Waals surface area contributed by atoms with Crippen molar-refractivity contribution in [2.24, 2.45) is 5.73 Å². The van der Waals surface area contributed by atoms with Gasteiger partial charge in [0.15, 0.2) is 11.2 Å². The van der Waals surface area contributed by atoms with Crippen LogP contribution >= 0.6 is 11.3 Å². The fourth-order valence-electron chi connectivity index (χ4n) is 4.67. The zero-order valence-electron chi connectivity index (χ0n) is 18.2. The molecule has 5 rings (SSSR count). The smallest absolute Gasteiger partial charge is 0.342 e. The normalized spacial score (nSPS) is 18.4. The van der Waals surface area contributed by atoms with Gasteiger partial charge in [0.1, 0.15) is 23.0 Å². The number of hydrogen-bond donors (Lipinski definition) is 1. The van der Waals surface area contributed by atoms with E-state index in [9.17, 15) is 19.2 Å². The summed E-state index contributed by atoms with van der Waals surface area (Å²) in [4.78, 5) is 29.2. The molecule has 1 aromatic heterocycles. The molecule has 3 aromatic rings. The minimum Gasteiger partial charge on any atom is -0.465 e. The Morgan fingerprint density at radius 3 is 2.68 bits per heavy atom. The molecule has 2 N–H and O–H groups in total. The van der Waals surface area contributed by atoms with Crippen LogP contribution in [0.3, 0.4) is 0 Å². The predicted molar refractivity (Wildman–Crippen MR) is 123 cm³/mol. The zero-order valence-corrected chi connectivity index (χ0v) is 19.0. The first-order valence-corrected chi connectivity index (χ1v) is 11.1. The summed E-state index contributed by atoms with van der Waals surface area (Å²) in [5.41, 5.74) is 5.98. The Bertz CT molecular complexity index is 1450. The second-order valence-corrected chi connectivity index (χ2v) is 9.11. The molecule has 2 aliphatic rings. The van der Waals surface area contributed by atoms with Gasteiger partial charge in [-0.15, -0.1) is 11.3 Å². The van der Waals surface area contributed by atoms with E-state index >= 15 is 0 Å². The van der Waals surface area contributed by atoms with Crippen molar-refractivity contribution < 1.29 is 23.5 Å². The number of rotatable bonds is 3. The summed E-state index contributed by atoms with van der Waals surface area (Å²) in [5, 5.41) is 10.1. The van der Waals surface area contributed by atoms with Crippen LogP contribution in [0.5, 0.6) is 5.75 Å². The molecule has 0 unspecified atom stereocenters. The van der Waals surface area contributed by atoms with Gasteiger partial charge in [-0.05, 0) is 19.1 Å². The summed E-state index contributed by atoms with van der Waals surface area (Å²) in [6.07, 6.45) is 0. The number of thiophene rings is 1. The maximum Gasteiger partial charge on any atom is 0.342 e. The molecule has 0 fully saturated rings. The van der Waals surface area contributed by atoms with Gasteiger partial charge in [-0.1, -0.05) is 36.4 Å². The average molecular weight is 476 g/mol. The highest BCUT2D eigenvalue weighted by molar-refractivity contribution is 7.13. The maximum atomic E-state index is 14.5. The monoisotopic (exact) mass is 475 g/mol. The van der Waals surface area contributed by atoms with Crippen molar-refractivity contribution >= 4 is 28.9 Å². The third-order valence-electron chi connectivity index (χ3n) is 6.17. The van der Waals surface area contributed by atoms with E-state index in [1.165, 1.54) is 29.4 Å². The van der Waals surface area contributed by atoms with E-state index in [2.05, 4.69) is 6.07 Å². The molecule has 1 spiro atoms. The van der Waals surface area contributed by atoms with Crippen LogP contribution < -0.4 is 15.4 Å². The second-order valence-electron chi connectivity index (χ2n) is 7.89. The lowest BCUT2D eigenvalue weighted by atomic mass is 9.72. The van der Waals surface area contributed by atoms with E-state index in [4.69, 9.17) is 15.2 Å². The Kier molecular flexibility index (Phi) is 4.92. The van der Waals surface area contributed by atoms with Crippen molar-refractivity contribution in [3.63, 3.8) is 0 Å². The third-order valence-corrected chi connectivity index (χ3v) is 7.37. The summed E-state index contributed by atoms with van der Waals surface area (Å²) in [6, 6.07) is 15.3. The number of halogens is 1. The molecule has 9 heteroatoms. The molecule has 34 heavy (non-hydrogen) atoms. The van der Waals surface area contributed by atoms with Crippen molar-refractivity contribution in [2.75, 3.05) is 12.0 Å². The first kappa shape index (κ1) is 21.7. The molecular formula is C25H18FN3O4S. The number of anilines is 1. The Balaban J connectivity index is 1.81. The van der Waals surface area contributed by atoms with Gasteiger partial charge in [-0.3, -0.25) is 4.79 Å². The maximum absolute atomic E-state index is 14.5. The van der Waals surface area contributed by atoms with Crippen LogP contribution in [0.4, 0.5) is 10.1 Å². The number of esters is 1. The number of para-hydroxylation sites is 1. The number of carbonyl (C=O) groups excluding carboxylic acids is 2. The van der Waals surface area contributed by atoms with Crippen LogP contribution in [0.1, 0.15) is 31.2 Å². The van der Waals surface area contributed by atoms with E-state index < -0.39 is 23.1 Å². The molecule has 2 aromatic carbocycles. The number of nitrogens with two attached hydrogens (primary N) is 1. The molecule has 3 heterocycles. The summed E-state index contributed by atoms with van der Waals surface area (Å²) in [6.45, 7) is 1.66. The Morgan fingerprint density at radius 2 is 1.97 bits per heavy atom. The minimum atomic E-state index is -1.63. The Labute approximate surface area is 198 Å². The molecule has 0 saturated heterocycles. The topological polar surface area (TPSA) is 106 Å². The van der Waals surface area contributed by atoms with Gasteiger partial charge in [-0.25, -0.2) is 9.18 Å². The van der Waals surface area contributed by atoms with Gasteiger partial charge >= 0.3 is 5.97 Å². The van der Waals surface area contributed by atoms with E-state index in [1.807, 2.05) is 0 Å². The van der Waals surface area contributed by atoms with Gasteiger partial charge in [0, 0.05) is 21.7 Å². The predicted octanol–water partition coefficient (Wildman–Crippen LogP) is 3.90. The van der Waals surface area contributed by atoms with Crippen molar-refractivity contribution in [3.8, 4) is 11.8 Å². The molecule has 2 aliphatic heterocycles. The SMILES string of the molecule is COC(=O)c1c(C)sc2c1OC(N)=C(C#N)[C@@]21C(=O)N(Cc2ccccc2F)c2ccccc21. The number of carbonyl (C=O) groups is 2. The number of benzene rings is 2. The van der Waals surface area contributed by atoms with Crippen molar-refractivity contribution in [2.45, 2.75) is 18.9 Å². The lowest BCUT2D eigenvalue weighted by Gasteiger charge is -2.32. The first-order valence-electron chi connectivity index (χ1n) is 10.3. The molecule has 0 saturated carbocycles. The van der Waals surface area contributed by atoms with Gasteiger partial charge < -0.3 is 20.1 Å². The van der Waals surface area contributed by atoms with Crippen molar-refractivity contribution in [3.05, 3.63) is 92.2 Å². The summed E-state index contributed by atoms with van der Waals surface area (Å²) >= 11 is 1.17. The summed E-state index contributed by atoms with van der Waals surface area (Å²) in [7, 11) is 1.25. The number of aryl methyl sites for hydroxylation is 1. The van der Waals surface area contributed by atoms with Crippen LogP contribution in [0.15, 0.2) is 60.0 Å². The van der Waals surface area contributed by atoms with Crippen LogP contribution in [0.25, 0.3) is 0 Å². The van der Waals surface area contributed by atoms with Crippen LogP contribution in [-0.2, 0) is 21.5 Å². The molecule has 1 atom stereocenters. The zero-order chi connectivity index (χ0) is 24.2. The fourth-order valence-corrected chi connectivity index (χ4v) is 5.95. The molecule has 0 radical (unpaired) electrons. The van der Waals surface area contributed by atoms with E-state index in [0.717, 1.165) is 0 Å². The molecular weight excluding hydrogens is 457 g/mol. The fraction of sp³-hybridized carbons (Fsp3) is 0.160. The molecule has 1 amide bonds. The number of methoxy groups -OCH3 is 1. The minimum absolute atomic E-state index is 0.0483. The van der Waals surface area contributed by atoms with Gasteiger partial charge in [-0.2, -0.15) is 5.26 Å². The summed E-state index contributed by atoms with van der Waals surface area (Å²) < 4.78 is 25.2. The van der Waals surface area contributed by atoms with Crippen molar-refractivity contribution in [1.29, 1.82) is 5.26 Å². The molecule has 0 bridgehead atoms. The number of hydrogen-bond acceptors (Lipinski definition) is 7. The molecule has 170 valence electrons. The Morgan fingerprint density at radius 1 is 1.26 bits per heavy atom. The highest BCUT2D eigenvalue weighted by Gasteiger charge is 2.60. The lowest BCUT2D eigenvalue weighted by Crippen LogP contribution is -2.45. The standard InChI is InChI=1S/C25H18FN3O4S/c1-13-19(23(30)32-2)20-21(34-13)25(16(11-27)22(28)33-20)15-8-4-6-10-18(15)29(24(25)31)12-14-7-3-5-9-17(14)26/h3-10H,12,28H2,1-2H3/t25-/m1/s1. The second kappa shape index (κ2) is 7.71. The van der Waals surface area contributed by atoms with Crippen molar-refractivity contribution in [1.82, 2.24) is 0 Å². The largest absolute Gasteiger partial charge is 0.465 e. The highest BCUT2D eigenvalue weighted by Crippen LogP contribution is 2.58. The third kappa shape index (κ3) is 2.72. The number of fused-ring (bicyclic) bond motifs is 4.